The maximum absolute atomic E-state index is 14.1. The fourth-order valence-corrected chi connectivity index (χ4v) is 3.60. The number of rotatable bonds is 3. The standard InChI is InChI=1S/C19H18F2N6O/c20-13-4-3-11(7-22)12(6-13)9-27-18(28)17-16(15(21)8-24-17)25-19(27)26-5-1-2-14(23)10-26/h3-4,6,8,14,24H,1-2,5,9-10,23H2/t14-/m1/s1. The van der Waals surface area contributed by atoms with E-state index in [1.807, 2.05) is 11.0 Å². The Hall–Kier alpha value is -3.25. The summed E-state index contributed by atoms with van der Waals surface area (Å²) in [7, 11) is 0. The van der Waals surface area contributed by atoms with Gasteiger partial charge in [-0.25, -0.2) is 13.8 Å². The zero-order valence-electron chi connectivity index (χ0n) is 15.0. The second-order valence-electron chi connectivity index (χ2n) is 6.92. The molecule has 1 atom stereocenters. The van der Waals surface area contributed by atoms with Crippen molar-refractivity contribution in [2.75, 3.05) is 18.0 Å². The first-order chi connectivity index (χ1) is 13.5. The smallest absolute Gasteiger partial charge is 0.279 e. The van der Waals surface area contributed by atoms with Crippen molar-refractivity contribution in [1.82, 2.24) is 14.5 Å². The van der Waals surface area contributed by atoms with Gasteiger partial charge in [-0.05, 0) is 36.6 Å². The normalized spacial score (nSPS) is 17.1. The molecule has 2 aromatic heterocycles. The Labute approximate surface area is 159 Å². The molecule has 3 heterocycles. The average molecular weight is 384 g/mol. The van der Waals surface area contributed by atoms with Gasteiger partial charge in [-0.1, -0.05) is 0 Å². The van der Waals surface area contributed by atoms with Gasteiger partial charge in [-0.2, -0.15) is 5.26 Å². The van der Waals surface area contributed by atoms with E-state index in [0.29, 0.717) is 18.7 Å². The number of aromatic amines is 1. The molecule has 7 nitrogen and oxygen atoms in total. The third-order valence-corrected chi connectivity index (χ3v) is 4.98. The van der Waals surface area contributed by atoms with Crippen LogP contribution in [0.2, 0.25) is 0 Å². The molecule has 0 unspecified atom stereocenters. The highest BCUT2D eigenvalue weighted by atomic mass is 19.1. The van der Waals surface area contributed by atoms with Crippen molar-refractivity contribution < 1.29 is 8.78 Å². The maximum Gasteiger partial charge on any atom is 0.279 e. The average Bonchev–Trinajstić information content (AvgIpc) is 3.05. The fourth-order valence-electron chi connectivity index (χ4n) is 3.60. The van der Waals surface area contributed by atoms with Gasteiger partial charge in [0.15, 0.2) is 5.82 Å². The predicted molar refractivity (Wildman–Crippen MR) is 100.0 cm³/mol. The van der Waals surface area contributed by atoms with Crippen molar-refractivity contribution in [3.63, 3.8) is 0 Å². The molecule has 9 heteroatoms. The molecule has 3 aromatic rings. The minimum absolute atomic E-state index is 0.0254. The first kappa shape index (κ1) is 18.1. The van der Waals surface area contributed by atoms with Crippen LogP contribution in [-0.2, 0) is 6.54 Å². The lowest BCUT2D eigenvalue weighted by atomic mass is 10.1. The molecule has 1 fully saturated rings. The molecule has 4 rings (SSSR count). The summed E-state index contributed by atoms with van der Waals surface area (Å²) < 4.78 is 29.2. The summed E-state index contributed by atoms with van der Waals surface area (Å²) in [5.74, 6) is -0.867. The van der Waals surface area contributed by atoms with Gasteiger partial charge >= 0.3 is 0 Å². The highest BCUT2D eigenvalue weighted by molar-refractivity contribution is 5.76. The topological polar surface area (TPSA) is 104 Å². The zero-order valence-corrected chi connectivity index (χ0v) is 15.0. The summed E-state index contributed by atoms with van der Waals surface area (Å²) in [6.07, 6.45) is 2.75. The second-order valence-corrected chi connectivity index (χ2v) is 6.92. The Morgan fingerprint density at radius 2 is 2.21 bits per heavy atom. The number of anilines is 1. The molecule has 1 aromatic carbocycles. The number of H-pyrrole nitrogens is 1. The third kappa shape index (κ3) is 3.12. The Kier molecular flexibility index (Phi) is 4.57. The number of aromatic nitrogens is 3. The largest absolute Gasteiger partial charge is 0.353 e. The monoisotopic (exact) mass is 384 g/mol. The minimum atomic E-state index is -0.620. The lowest BCUT2D eigenvalue weighted by Gasteiger charge is -2.33. The van der Waals surface area contributed by atoms with Gasteiger partial charge in [-0.15, -0.1) is 0 Å². The molecule has 0 aliphatic carbocycles. The quantitative estimate of drug-likeness (QED) is 0.717. The van der Waals surface area contributed by atoms with Crippen molar-refractivity contribution in [1.29, 1.82) is 5.26 Å². The number of nitrogens with one attached hydrogen (secondary N) is 1. The van der Waals surface area contributed by atoms with Crippen LogP contribution in [0.15, 0.2) is 29.2 Å². The van der Waals surface area contributed by atoms with Gasteiger partial charge in [0.05, 0.1) is 18.2 Å². The third-order valence-electron chi connectivity index (χ3n) is 4.98. The minimum Gasteiger partial charge on any atom is -0.353 e. The highest BCUT2D eigenvalue weighted by Crippen LogP contribution is 2.22. The number of nitrogens with zero attached hydrogens (tertiary/aromatic N) is 4. The number of hydrogen-bond acceptors (Lipinski definition) is 5. The first-order valence-electron chi connectivity index (χ1n) is 8.94. The highest BCUT2D eigenvalue weighted by Gasteiger charge is 2.24. The molecule has 0 spiro atoms. The van der Waals surface area contributed by atoms with Crippen LogP contribution in [0.1, 0.15) is 24.0 Å². The van der Waals surface area contributed by atoms with E-state index < -0.39 is 17.2 Å². The molecule has 0 bridgehead atoms. The molecule has 1 aliphatic rings. The van der Waals surface area contributed by atoms with Gasteiger partial charge in [0.1, 0.15) is 16.9 Å². The summed E-state index contributed by atoms with van der Waals surface area (Å²) in [5.41, 5.74) is 6.16. The molecule has 3 N–H and O–H groups in total. The number of halogens is 2. The van der Waals surface area contributed by atoms with E-state index in [0.717, 1.165) is 19.0 Å². The number of fused-ring (bicyclic) bond motifs is 1. The van der Waals surface area contributed by atoms with Crippen LogP contribution >= 0.6 is 0 Å². The van der Waals surface area contributed by atoms with Crippen molar-refractivity contribution in [3.8, 4) is 6.07 Å². The van der Waals surface area contributed by atoms with E-state index in [-0.39, 0.29) is 35.1 Å². The predicted octanol–water partition coefficient (Wildman–Crippen LogP) is 1.85. The number of nitrogens with two attached hydrogens (primary N) is 1. The van der Waals surface area contributed by atoms with E-state index >= 15 is 0 Å². The zero-order chi connectivity index (χ0) is 19.8. The van der Waals surface area contributed by atoms with Crippen LogP contribution in [0, 0.1) is 23.0 Å². The van der Waals surface area contributed by atoms with Gasteiger partial charge in [0, 0.05) is 25.3 Å². The molecule has 144 valence electrons. The lowest BCUT2D eigenvalue weighted by molar-refractivity contribution is 0.491. The van der Waals surface area contributed by atoms with Gasteiger partial charge < -0.3 is 15.6 Å². The molecule has 0 saturated carbocycles. The number of piperidine rings is 1. The second kappa shape index (κ2) is 7.05. The van der Waals surface area contributed by atoms with E-state index in [1.165, 1.54) is 22.8 Å². The Bertz CT molecular complexity index is 1150. The summed E-state index contributed by atoms with van der Waals surface area (Å²) in [6, 6.07) is 5.70. The molecule has 1 aliphatic heterocycles. The van der Waals surface area contributed by atoms with Crippen LogP contribution in [0.25, 0.3) is 11.0 Å². The van der Waals surface area contributed by atoms with E-state index in [9.17, 15) is 18.8 Å². The SMILES string of the molecule is N#Cc1ccc(F)cc1Cn1c(N2CCC[C@@H](N)C2)nc2c(F)c[nH]c2c1=O. The van der Waals surface area contributed by atoms with Crippen LogP contribution in [0.5, 0.6) is 0 Å². The van der Waals surface area contributed by atoms with Crippen LogP contribution in [0.4, 0.5) is 14.7 Å². The van der Waals surface area contributed by atoms with E-state index in [2.05, 4.69) is 9.97 Å². The van der Waals surface area contributed by atoms with Crippen molar-refractivity contribution in [2.24, 2.45) is 5.73 Å². The van der Waals surface area contributed by atoms with Gasteiger partial charge in [-0.3, -0.25) is 9.36 Å². The summed E-state index contributed by atoms with van der Waals surface area (Å²) in [5, 5.41) is 9.33. The van der Waals surface area contributed by atoms with Crippen LogP contribution < -0.4 is 16.2 Å². The van der Waals surface area contributed by atoms with Crippen molar-refractivity contribution >= 4 is 17.0 Å². The maximum atomic E-state index is 14.1. The Morgan fingerprint density at radius 1 is 1.39 bits per heavy atom. The van der Waals surface area contributed by atoms with Gasteiger partial charge in [0.2, 0.25) is 5.95 Å². The molecule has 1 saturated heterocycles. The number of benzene rings is 1. The first-order valence-corrected chi connectivity index (χ1v) is 8.94. The van der Waals surface area contributed by atoms with Crippen molar-refractivity contribution in [2.45, 2.75) is 25.4 Å². The number of hydrogen-bond donors (Lipinski definition) is 2. The fraction of sp³-hybridized carbons (Fsp3) is 0.316. The molecule has 28 heavy (non-hydrogen) atoms. The van der Waals surface area contributed by atoms with Crippen molar-refractivity contribution in [3.05, 3.63) is 57.5 Å². The molecular formula is C19H18F2N6O. The molecular weight excluding hydrogens is 366 g/mol. The van der Waals surface area contributed by atoms with Crippen LogP contribution in [-0.4, -0.2) is 33.7 Å². The van der Waals surface area contributed by atoms with E-state index in [4.69, 9.17) is 5.73 Å². The van der Waals surface area contributed by atoms with E-state index in [1.54, 1.807) is 0 Å². The van der Waals surface area contributed by atoms with Crippen LogP contribution in [0.3, 0.4) is 0 Å². The van der Waals surface area contributed by atoms with Gasteiger partial charge in [0.25, 0.3) is 5.56 Å². The Balaban J connectivity index is 1.90. The molecule has 0 amide bonds. The lowest BCUT2D eigenvalue weighted by Crippen LogP contribution is -2.45. The summed E-state index contributed by atoms with van der Waals surface area (Å²) in [6.45, 7) is 1.02. The number of nitriles is 1. The Morgan fingerprint density at radius 3 is 2.96 bits per heavy atom. The summed E-state index contributed by atoms with van der Waals surface area (Å²) >= 11 is 0. The summed E-state index contributed by atoms with van der Waals surface area (Å²) in [4.78, 5) is 21.9. The molecule has 0 radical (unpaired) electrons.